The standard InChI is InChI=1S/C13H12BrF3N2O/c1-3-20-12-7-11(13(15,16)17)19(18-12)10-5-4-9(14)6-8(10)2/h4-7H,3H2,1-2H3. The van der Waals surface area contributed by atoms with Crippen molar-refractivity contribution in [1.82, 2.24) is 9.78 Å². The van der Waals surface area contributed by atoms with Gasteiger partial charge >= 0.3 is 6.18 Å². The van der Waals surface area contributed by atoms with Crippen molar-refractivity contribution in [2.45, 2.75) is 20.0 Å². The lowest BCUT2D eigenvalue weighted by atomic mass is 10.2. The number of nitrogens with zero attached hydrogens (tertiary/aromatic N) is 2. The van der Waals surface area contributed by atoms with Gasteiger partial charge in [0.1, 0.15) is 0 Å². The van der Waals surface area contributed by atoms with Gasteiger partial charge in [-0.2, -0.15) is 13.2 Å². The van der Waals surface area contributed by atoms with Gasteiger partial charge in [0.05, 0.1) is 12.3 Å². The molecule has 0 spiro atoms. The van der Waals surface area contributed by atoms with Gasteiger partial charge in [-0.15, -0.1) is 5.10 Å². The molecule has 2 aromatic rings. The summed E-state index contributed by atoms with van der Waals surface area (Å²) in [6.07, 6.45) is -4.50. The minimum absolute atomic E-state index is 0.0397. The molecule has 1 heterocycles. The predicted molar refractivity (Wildman–Crippen MR) is 72.2 cm³/mol. The van der Waals surface area contributed by atoms with Crippen molar-refractivity contribution in [3.8, 4) is 11.6 Å². The zero-order valence-corrected chi connectivity index (χ0v) is 12.4. The quantitative estimate of drug-likeness (QED) is 0.823. The van der Waals surface area contributed by atoms with Crippen LogP contribution in [0, 0.1) is 6.92 Å². The highest BCUT2D eigenvalue weighted by atomic mass is 79.9. The Bertz CT molecular complexity index is 623. The lowest BCUT2D eigenvalue weighted by molar-refractivity contribution is -0.142. The summed E-state index contributed by atoms with van der Waals surface area (Å²) < 4.78 is 45.9. The Morgan fingerprint density at radius 1 is 1.30 bits per heavy atom. The number of aryl methyl sites for hydroxylation is 1. The number of benzene rings is 1. The molecule has 0 saturated heterocycles. The maximum atomic E-state index is 13.1. The number of aromatic nitrogens is 2. The number of hydrogen-bond donors (Lipinski definition) is 0. The first kappa shape index (κ1) is 14.9. The Hall–Kier alpha value is -1.50. The fraction of sp³-hybridized carbons (Fsp3) is 0.308. The van der Waals surface area contributed by atoms with Crippen molar-refractivity contribution in [1.29, 1.82) is 0 Å². The smallest absolute Gasteiger partial charge is 0.433 e. The third kappa shape index (κ3) is 2.98. The van der Waals surface area contributed by atoms with Crippen molar-refractivity contribution in [2.75, 3.05) is 6.61 Å². The van der Waals surface area contributed by atoms with Crippen LogP contribution in [0.2, 0.25) is 0 Å². The SMILES string of the molecule is CCOc1cc(C(F)(F)F)n(-c2ccc(Br)cc2C)n1. The Kier molecular flexibility index (Phi) is 4.08. The lowest BCUT2D eigenvalue weighted by Crippen LogP contribution is -2.13. The van der Waals surface area contributed by atoms with Crippen LogP contribution in [-0.4, -0.2) is 16.4 Å². The van der Waals surface area contributed by atoms with Crippen LogP contribution < -0.4 is 4.74 Å². The first-order valence-electron chi connectivity index (χ1n) is 5.89. The normalized spacial score (nSPS) is 11.7. The molecule has 0 aliphatic carbocycles. The third-order valence-corrected chi connectivity index (χ3v) is 3.15. The minimum atomic E-state index is -4.50. The van der Waals surface area contributed by atoms with Gasteiger partial charge in [-0.1, -0.05) is 15.9 Å². The van der Waals surface area contributed by atoms with E-state index >= 15 is 0 Å². The Balaban J connectivity index is 2.59. The van der Waals surface area contributed by atoms with Crippen LogP contribution in [0.1, 0.15) is 18.2 Å². The largest absolute Gasteiger partial charge is 0.477 e. The lowest BCUT2D eigenvalue weighted by Gasteiger charge is -2.12. The van der Waals surface area contributed by atoms with E-state index in [0.717, 1.165) is 15.2 Å². The highest BCUT2D eigenvalue weighted by molar-refractivity contribution is 9.10. The highest BCUT2D eigenvalue weighted by Crippen LogP contribution is 2.34. The Morgan fingerprint density at radius 2 is 2.00 bits per heavy atom. The molecule has 7 heteroatoms. The summed E-state index contributed by atoms with van der Waals surface area (Å²) in [5.74, 6) is -0.0397. The fourth-order valence-electron chi connectivity index (χ4n) is 1.82. The molecule has 0 saturated carbocycles. The van der Waals surface area contributed by atoms with E-state index in [0.29, 0.717) is 11.3 Å². The molecule has 0 bridgehead atoms. The Morgan fingerprint density at radius 3 is 2.55 bits per heavy atom. The van der Waals surface area contributed by atoms with Crippen LogP contribution in [-0.2, 0) is 6.18 Å². The zero-order chi connectivity index (χ0) is 14.9. The molecule has 20 heavy (non-hydrogen) atoms. The van der Waals surface area contributed by atoms with Crippen LogP contribution in [0.25, 0.3) is 5.69 Å². The van der Waals surface area contributed by atoms with Crippen LogP contribution in [0.3, 0.4) is 0 Å². The summed E-state index contributed by atoms with van der Waals surface area (Å²) in [4.78, 5) is 0. The number of ether oxygens (including phenoxy) is 1. The van der Waals surface area contributed by atoms with Gasteiger partial charge in [0, 0.05) is 10.5 Å². The van der Waals surface area contributed by atoms with Crippen LogP contribution >= 0.6 is 15.9 Å². The van der Waals surface area contributed by atoms with E-state index in [2.05, 4.69) is 21.0 Å². The summed E-state index contributed by atoms with van der Waals surface area (Å²) in [5, 5.41) is 3.89. The maximum Gasteiger partial charge on any atom is 0.433 e. The number of halogens is 4. The van der Waals surface area contributed by atoms with Gasteiger partial charge in [0.15, 0.2) is 5.69 Å². The van der Waals surface area contributed by atoms with E-state index < -0.39 is 11.9 Å². The average Bonchev–Trinajstić information content (AvgIpc) is 2.73. The van der Waals surface area contributed by atoms with Crippen LogP contribution in [0.15, 0.2) is 28.7 Å². The molecule has 0 unspecified atom stereocenters. The van der Waals surface area contributed by atoms with Gasteiger partial charge < -0.3 is 4.74 Å². The summed E-state index contributed by atoms with van der Waals surface area (Å²) >= 11 is 3.28. The van der Waals surface area contributed by atoms with Gasteiger partial charge in [0.25, 0.3) is 0 Å². The second-order valence-corrected chi connectivity index (χ2v) is 5.06. The molecule has 0 atom stereocenters. The molecule has 3 nitrogen and oxygen atoms in total. The van der Waals surface area contributed by atoms with Crippen molar-refractivity contribution in [3.63, 3.8) is 0 Å². The van der Waals surface area contributed by atoms with Crippen molar-refractivity contribution in [2.24, 2.45) is 0 Å². The predicted octanol–water partition coefficient (Wildman–Crippen LogP) is 4.36. The summed E-state index contributed by atoms with van der Waals surface area (Å²) in [6.45, 7) is 3.67. The van der Waals surface area contributed by atoms with Crippen LogP contribution in [0.4, 0.5) is 13.2 Å². The molecular formula is C13H12BrF3N2O. The van der Waals surface area contributed by atoms with E-state index in [1.807, 2.05) is 0 Å². The minimum Gasteiger partial charge on any atom is -0.477 e. The topological polar surface area (TPSA) is 27.1 Å². The summed E-state index contributed by atoms with van der Waals surface area (Å²) in [7, 11) is 0. The number of hydrogen-bond acceptors (Lipinski definition) is 2. The monoisotopic (exact) mass is 348 g/mol. The fourth-order valence-corrected chi connectivity index (χ4v) is 2.30. The van der Waals surface area contributed by atoms with Crippen molar-refractivity contribution >= 4 is 15.9 Å². The second kappa shape index (κ2) is 5.47. The molecule has 0 aliphatic heterocycles. The average molecular weight is 349 g/mol. The summed E-state index contributed by atoms with van der Waals surface area (Å²) in [6, 6.07) is 5.89. The van der Waals surface area contributed by atoms with Gasteiger partial charge in [0.2, 0.25) is 5.88 Å². The molecule has 1 aromatic carbocycles. The molecule has 0 aliphatic rings. The molecule has 0 radical (unpaired) electrons. The molecule has 2 rings (SSSR count). The molecule has 0 N–H and O–H groups in total. The van der Waals surface area contributed by atoms with E-state index in [1.165, 1.54) is 0 Å². The number of rotatable bonds is 3. The van der Waals surface area contributed by atoms with Gasteiger partial charge in [-0.25, -0.2) is 4.68 Å². The molecule has 108 valence electrons. The van der Waals surface area contributed by atoms with Gasteiger partial charge in [-0.3, -0.25) is 0 Å². The summed E-state index contributed by atoms with van der Waals surface area (Å²) in [5.41, 5.74) is 0.189. The van der Waals surface area contributed by atoms with E-state index in [-0.39, 0.29) is 12.5 Å². The molecule has 1 aromatic heterocycles. The van der Waals surface area contributed by atoms with Crippen molar-refractivity contribution < 1.29 is 17.9 Å². The first-order valence-corrected chi connectivity index (χ1v) is 6.69. The van der Waals surface area contributed by atoms with Crippen LogP contribution in [0.5, 0.6) is 5.88 Å². The van der Waals surface area contributed by atoms with Gasteiger partial charge in [-0.05, 0) is 37.6 Å². The maximum absolute atomic E-state index is 13.1. The zero-order valence-electron chi connectivity index (χ0n) is 10.8. The molecule has 0 fully saturated rings. The van der Waals surface area contributed by atoms with E-state index in [9.17, 15) is 13.2 Å². The van der Waals surface area contributed by atoms with E-state index in [1.54, 1.807) is 32.0 Å². The van der Waals surface area contributed by atoms with E-state index in [4.69, 9.17) is 4.74 Å². The first-order chi connectivity index (χ1) is 9.32. The second-order valence-electron chi connectivity index (χ2n) is 4.14. The highest BCUT2D eigenvalue weighted by Gasteiger charge is 2.37. The third-order valence-electron chi connectivity index (χ3n) is 2.66. The molecular weight excluding hydrogens is 337 g/mol. The number of alkyl halides is 3. The van der Waals surface area contributed by atoms with Crippen molar-refractivity contribution in [3.05, 3.63) is 40.0 Å². The Labute approximate surface area is 122 Å². The molecule has 0 amide bonds.